The van der Waals surface area contributed by atoms with E-state index in [0.29, 0.717) is 17.7 Å². The lowest BCUT2D eigenvalue weighted by Crippen LogP contribution is -2.11. The third kappa shape index (κ3) is 4.18. The number of aryl methyl sites for hydroxylation is 1. The van der Waals surface area contributed by atoms with Crippen molar-refractivity contribution in [2.75, 3.05) is 5.32 Å². The summed E-state index contributed by atoms with van der Waals surface area (Å²) in [6.07, 6.45) is 0.526. The zero-order chi connectivity index (χ0) is 14.5. The monoisotopic (exact) mass is 353 g/mol. The number of anilines is 1. The predicted molar refractivity (Wildman–Crippen MR) is 82.4 cm³/mol. The quantitative estimate of drug-likeness (QED) is 0.859. The number of aliphatic carboxylic acids is 1. The molecule has 0 radical (unpaired) electrons. The van der Waals surface area contributed by atoms with Crippen LogP contribution in [0.15, 0.2) is 39.5 Å². The minimum Gasteiger partial charge on any atom is -0.481 e. The summed E-state index contributed by atoms with van der Waals surface area (Å²) in [5.41, 5.74) is 2.15. The Kier molecular flexibility index (Phi) is 4.92. The molecule has 0 unspecified atom stereocenters. The summed E-state index contributed by atoms with van der Waals surface area (Å²) in [5.74, 6) is -1.01. The molecule has 6 heteroatoms. The summed E-state index contributed by atoms with van der Waals surface area (Å²) >= 11 is 4.76. The van der Waals surface area contributed by atoms with Crippen LogP contribution in [-0.2, 0) is 11.2 Å². The molecule has 0 atom stereocenters. The standard InChI is InChI=1S/C14H12BrNO3S/c15-12-7-10(8-20-12)14(19)16-11-3-1-2-9(6-11)4-5-13(17)18/h1-3,6-8H,4-5H2,(H,16,19)(H,17,18). The molecule has 1 heterocycles. The maximum Gasteiger partial charge on any atom is 0.303 e. The number of rotatable bonds is 5. The zero-order valence-electron chi connectivity index (χ0n) is 10.4. The number of hydrogen-bond acceptors (Lipinski definition) is 3. The van der Waals surface area contributed by atoms with Gasteiger partial charge in [-0.2, -0.15) is 0 Å². The molecule has 0 spiro atoms. The Morgan fingerprint density at radius 1 is 1.30 bits per heavy atom. The number of thiophene rings is 1. The van der Waals surface area contributed by atoms with E-state index in [1.165, 1.54) is 11.3 Å². The summed E-state index contributed by atoms with van der Waals surface area (Å²) in [6.45, 7) is 0. The van der Waals surface area contributed by atoms with Crippen molar-refractivity contribution in [3.63, 3.8) is 0 Å². The van der Waals surface area contributed by atoms with E-state index in [0.717, 1.165) is 9.35 Å². The molecule has 0 aliphatic heterocycles. The Morgan fingerprint density at radius 2 is 2.10 bits per heavy atom. The lowest BCUT2D eigenvalue weighted by molar-refractivity contribution is -0.136. The highest BCUT2D eigenvalue weighted by Gasteiger charge is 2.08. The van der Waals surface area contributed by atoms with Gasteiger partial charge < -0.3 is 10.4 Å². The molecule has 4 nitrogen and oxygen atoms in total. The van der Waals surface area contributed by atoms with Crippen LogP contribution in [0.1, 0.15) is 22.3 Å². The normalized spacial score (nSPS) is 10.2. The molecular weight excluding hydrogens is 342 g/mol. The van der Waals surface area contributed by atoms with Crippen LogP contribution < -0.4 is 5.32 Å². The SMILES string of the molecule is O=C(O)CCc1cccc(NC(=O)c2csc(Br)c2)c1. The number of halogens is 1. The molecule has 0 aliphatic rings. The van der Waals surface area contributed by atoms with Gasteiger partial charge in [0.05, 0.1) is 9.35 Å². The van der Waals surface area contributed by atoms with Gasteiger partial charge >= 0.3 is 5.97 Å². The fourth-order valence-corrected chi connectivity index (χ4v) is 2.82. The van der Waals surface area contributed by atoms with Gasteiger partial charge in [0.15, 0.2) is 0 Å². The fraction of sp³-hybridized carbons (Fsp3) is 0.143. The van der Waals surface area contributed by atoms with E-state index in [9.17, 15) is 9.59 Å². The van der Waals surface area contributed by atoms with Gasteiger partial charge in [0, 0.05) is 17.5 Å². The first-order valence-corrected chi connectivity index (χ1v) is 7.58. The van der Waals surface area contributed by atoms with Gasteiger partial charge in [-0.1, -0.05) is 12.1 Å². The molecule has 1 aromatic heterocycles. The first-order chi connectivity index (χ1) is 9.54. The van der Waals surface area contributed by atoms with Crippen LogP contribution in [0.25, 0.3) is 0 Å². The van der Waals surface area contributed by atoms with E-state index in [2.05, 4.69) is 21.2 Å². The number of amides is 1. The van der Waals surface area contributed by atoms with Crippen LogP contribution >= 0.6 is 27.3 Å². The summed E-state index contributed by atoms with van der Waals surface area (Å²) in [6, 6.07) is 8.98. The van der Waals surface area contributed by atoms with E-state index >= 15 is 0 Å². The lowest BCUT2D eigenvalue weighted by Gasteiger charge is -2.06. The molecule has 2 N–H and O–H groups in total. The second-order valence-corrected chi connectivity index (χ2v) is 6.48. The number of benzene rings is 1. The Labute approximate surface area is 128 Å². The molecule has 0 aliphatic carbocycles. The number of hydrogen-bond donors (Lipinski definition) is 2. The molecule has 1 amide bonds. The van der Waals surface area contributed by atoms with Crippen molar-refractivity contribution < 1.29 is 14.7 Å². The fourth-order valence-electron chi connectivity index (χ4n) is 1.69. The van der Waals surface area contributed by atoms with E-state index in [1.54, 1.807) is 29.6 Å². The molecule has 2 rings (SSSR count). The van der Waals surface area contributed by atoms with Crippen molar-refractivity contribution in [1.29, 1.82) is 0 Å². The van der Waals surface area contributed by atoms with Crippen molar-refractivity contribution in [2.45, 2.75) is 12.8 Å². The van der Waals surface area contributed by atoms with E-state index in [1.807, 2.05) is 6.07 Å². The first-order valence-electron chi connectivity index (χ1n) is 5.91. The molecule has 0 fully saturated rings. The first kappa shape index (κ1) is 14.7. The summed E-state index contributed by atoms with van der Waals surface area (Å²) < 4.78 is 0.901. The van der Waals surface area contributed by atoms with Crippen molar-refractivity contribution in [1.82, 2.24) is 0 Å². The molecule has 104 valence electrons. The topological polar surface area (TPSA) is 66.4 Å². The van der Waals surface area contributed by atoms with Crippen molar-refractivity contribution in [2.24, 2.45) is 0 Å². The van der Waals surface area contributed by atoms with Gasteiger partial charge in [0.1, 0.15) is 0 Å². The highest BCUT2D eigenvalue weighted by Crippen LogP contribution is 2.22. The number of carboxylic acids is 1. The van der Waals surface area contributed by atoms with Crippen LogP contribution in [0.4, 0.5) is 5.69 Å². The summed E-state index contributed by atoms with van der Waals surface area (Å²) in [7, 11) is 0. The number of carbonyl (C=O) groups excluding carboxylic acids is 1. The Bertz CT molecular complexity index is 639. The van der Waals surface area contributed by atoms with Crippen molar-refractivity contribution >= 4 is 44.8 Å². The minimum absolute atomic E-state index is 0.0783. The second kappa shape index (κ2) is 6.67. The average Bonchev–Trinajstić information content (AvgIpc) is 2.84. The van der Waals surface area contributed by atoms with Gasteiger partial charge in [-0.15, -0.1) is 11.3 Å². The zero-order valence-corrected chi connectivity index (χ0v) is 12.8. The highest BCUT2D eigenvalue weighted by atomic mass is 79.9. The third-order valence-corrected chi connectivity index (χ3v) is 4.15. The molecular formula is C14H12BrNO3S. The highest BCUT2D eigenvalue weighted by molar-refractivity contribution is 9.11. The average molecular weight is 354 g/mol. The van der Waals surface area contributed by atoms with Gasteiger partial charge in [-0.3, -0.25) is 9.59 Å². The molecule has 2 aromatic rings. The maximum absolute atomic E-state index is 12.0. The molecule has 20 heavy (non-hydrogen) atoms. The Hall–Kier alpha value is -1.66. The largest absolute Gasteiger partial charge is 0.481 e. The van der Waals surface area contributed by atoms with E-state index < -0.39 is 5.97 Å². The van der Waals surface area contributed by atoms with Crippen LogP contribution in [-0.4, -0.2) is 17.0 Å². The van der Waals surface area contributed by atoms with Gasteiger partial charge in [0.25, 0.3) is 5.91 Å². The summed E-state index contributed by atoms with van der Waals surface area (Å²) in [4.78, 5) is 22.5. The predicted octanol–water partition coefficient (Wildman–Crippen LogP) is 3.78. The maximum atomic E-state index is 12.0. The van der Waals surface area contributed by atoms with Crippen molar-refractivity contribution in [3.8, 4) is 0 Å². The molecule has 0 bridgehead atoms. The smallest absolute Gasteiger partial charge is 0.303 e. The number of carbonyl (C=O) groups is 2. The minimum atomic E-state index is -0.831. The second-order valence-electron chi connectivity index (χ2n) is 4.19. The van der Waals surface area contributed by atoms with Gasteiger partial charge in [-0.05, 0) is 46.1 Å². The number of carboxylic acid groups (broad SMARTS) is 1. The molecule has 1 aromatic carbocycles. The third-order valence-electron chi connectivity index (χ3n) is 2.64. The molecule has 0 saturated carbocycles. The molecule has 0 saturated heterocycles. The van der Waals surface area contributed by atoms with Crippen LogP contribution in [0.2, 0.25) is 0 Å². The van der Waals surface area contributed by atoms with Crippen molar-refractivity contribution in [3.05, 3.63) is 50.6 Å². The number of nitrogens with one attached hydrogen (secondary N) is 1. The Balaban J connectivity index is 2.04. The van der Waals surface area contributed by atoms with Crippen LogP contribution in [0, 0.1) is 0 Å². The van der Waals surface area contributed by atoms with Crippen LogP contribution in [0.3, 0.4) is 0 Å². The van der Waals surface area contributed by atoms with Crippen LogP contribution in [0.5, 0.6) is 0 Å². The summed E-state index contributed by atoms with van der Waals surface area (Å²) in [5, 5.41) is 13.2. The van der Waals surface area contributed by atoms with Gasteiger partial charge in [0.2, 0.25) is 0 Å². The van der Waals surface area contributed by atoms with E-state index in [-0.39, 0.29) is 12.3 Å². The van der Waals surface area contributed by atoms with Gasteiger partial charge in [-0.25, -0.2) is 0 Å². The Morgan fingerprint density at radius 3 is 2.75 bits per heavy atom. The lowest BCUT2D eigenvalue weighted by atomic mass is 10.1. The van der Waals surface area contributed by atoms with E-state index in [4.69, 9.17) is 5.11 Å².